The standard InChI is InChI=1S/C10H7N6O/c1-6-3-2-4-16-9(6)11-5-7(10(16)17)8-12-14-15-13-8/h2-5H,1H3/q-1/i5D. The number of tetrazole rings is 1. The molecule has 7 nitrogen and oxygen atoms in total. The number of aromatic nitrogens is 6. The Labute approximate surface area is 96.5 Å². The molecule has 0 amide bonds. The van der Waals surface area contributed by atoms with E-state index >= 15 is 0 Å². The summed E-state index contributed by atoms with van der Waals surface area (Å²) in [5, 5.41) is 13.8. The maximum atomic E-state index is 12.3. The smallest absolute Gasteiger partial charge is 0.266 e. The van der Waals surface area contributed by atoms with Crippen LogP contribution in [-0.4, -0.2) is 24.9 Å². The van der Waals surface area contributed by atoms with Crippen LogP contribution in [0.3, 0.4) is 0 Å². The first-order valence-electron chi connectivity index (χ1n) is 5.36. The summed E-state index contributed by atoms with van der Waals surface area (Å²) >= 11 is 0. The third-order valence-electron chi connectivity index (χ3n) is 2.41. The second-order valence-corrected chi connectivity index (χ2v) is 3.49. The first kappa shape index (κ1) is 8.57. The molecule has 0 spiro atoms. The average Bonchev–Trinajstić information content (AvgIpc) is 2.84. The lowest BCUT2D eigenvalue weighted by molar-refractivity contribution is 0.871. The highest BCUT2D eigenvalue weighted by Crippen LogP contribution is 2.09. The summed E-state index contributed by atoms with van der Waals surface area (Å²) in [4.78, 5) is 16.4. The Balaban J connectivity index is 2.46. The maximum Gasteiger partial charge on any atom is 0.266 e. The van der Waals surface area contributed by atoms with Crippen molar-refractivity contribution in [3.8, 4) is 11.4 Å². The molecule has 0 fully saturated rings. The topological polar surface area (TPSA) is 87.1 Å². The molecule has 0 aliphatic heterocycles. The zero-order valence-corrected chi connectivity index (χ0v) is 8.82. The quantitative estimate of drug-likeness (QED) is 0.573. The van der Waals surface area contributed by atoms with Crippen molar-refractivity contribution in [2.45, 2.75) is 6.92 Å². The first-order chi connectivity index (χ1) is 8.68. The largest absolute Gasteiger partial charge is 0.330 e. The molecule has 17 heavy (non-hydrogen) atoms. The molecule has 0 N–H and O–H groups in total. The summed E-state index contributed by atoms with van der Waals surface area (Å²) in [6, 6.07) is 3.56. The minimum Gasteiger partial charge on any atom is -0.330 e. The van der Waals surface area contributed by atoms with Gasteiger partial charge in [-0.2, -0.15) is 5.21 Å². The van der Waals surface area contributed by atoms with Crippen LogP contribution < -0.4 is 10.7 Å². The lowest BCUT2D eigenvalue weighted by atomic mass is 10.2. The summed E-state index contributed by atoms with van der Waals surface area (Å²) in [6.07, 6.45) is 1.41. The fraction of sp³-hybridized carbons (Fsp3) is 0.100. The van der Waals surface area contributed by atoms with E-state index in [0.29, 0.717) is 5.65 Å². The fourth-order valence-corrected chi connectivity index (χ4v) is 1.58. The van der Waals surface area contributed by atoms with Crippen molar-refractivity contribution in [2.24, 2.45) is 0 Å². The molecule has 0 unspecified atom stereocenters. The van der Waals surface area contributed by atoms with Crippen LogP contribution in [0.25, 0.3) is 17.0 Å². The number of hydrogen-bond acceptors (Lipinski definition) is 5. The van der Waals surface area contributed by atoms with Gasteiger partial charge in [0.05, 0.1) is 6.93 Å². The van der Waals surface area contributed by atoms with Gasteiger partial charge in [0.25, 0.3) is 5.56 Å². The van der Waals surface area contributed by atoms with Crippen LogP contribution >= 0.6 is 0 Å². The molecule has 3 aromatic rings. The zero-order chi connectivity index (χ0) is 12.7. The van der Waals surface area contributed by atoms with Crippen LogP contribution in [0.2, 0.25) is 0 Å². The minimum atomic E-state index is -0.400. The Morgan fingerprint density at radius 3 is 3.18 bits per heavy atom. The molecule has 3 aromatic heterocycles. The molecule has 0 aliphatic carbocycles. The van der Waals surface area contributed by atoms with Crippen molar-refractivity contribution < 1.29 is 1.37 Å². The van der Waals surface area contributed by atoms with E-state index in [0.717, 1.165) is 5.56 Å². The normalized spacial score (nSPS) is 11.7. The van der Waals surface area contributed by atoms with E-state index in [1.165, 1.54) is 4.40 Å². The van der Waals surface area contributed by atoms with E-state index in [2.05, 4.69) is 25.6 Å². The van der Waals surface area contributed by atoms with Crippen molar-refractivity contribution >= 4 is 5.65 Å². The third-order valence-corrected chi connectivity index (χ3v) is 2.41. The molecule has 3 rings (SSSR count). The second-order valence-electron chi connectivity index (χ2n) is 3.49. The van der Waals surface area contributed by atoms with Gasteiger partial charge in [0.1, 0.15) is 5.65 Å². The van der Waals surface area contributed by atoms with Crippen LogP contribution in [0, 0.1) is 6.92 Å². The highest BCUT2D eigenvalue weighted by Gasteiger charge is 2.06. The summed E-state index contributed by atoms with van der Waals surface area (Å²) in [5.74, 6) is 0.0217. The van der Waals surface area contributed by atoms with Gasteiger partial charge >= 0.3 is 0 Å². The highest BCUT2D eigenvalue weighted by molar-refractivity contribution is 5.55. The number of aryl methyl sites for hydroxylation is 1. The predicted molar refractivity (Wildman–Crippen MR) is 58.3 cm³/mol. The SMILES string of the molecule is [2H]c1nc2c(C)cccn2c(=O)c1-c1nnn[n-]1. The average molecular weight is 228 g/mol. The molecule has 0 radical (unpaired) electrons. The van der Waals surface area contributed by atoms with Crippen molar-refractivity contribution in [1.29, 1.82) is 0 Å². The fourth-order valence-electron chi connectivity index (χ4n) is 1.58. The van der Waals surface area contributed by atoms with Gasteiger partial charge in [0.15, 0.2) is 0 Å². The summed E-state index contributed by atoms with van der Waals surface area (Å²) < 4.78 is 9.17. The predicted octanol–water partition coefficient (Wildman–Crippen LogP) is -0.188. The number of rotatable bonds is 1. The molecular weight excluding hydrogens is 220 g/mol. The van der Waals surface area contributed by atoms with Crippen LogP contribution in [0.5, 0.6) is 0 Å². The molecule has 0 aromatic carbocycles. The van der Waals surface area contributed by atoms with Crippen LogP contribution in [-0.2, 0) is 0 Å². The van der Waals surface area contributed by atoms with Gasteiger partial charge < -0.3 is 5.10 Å². The summed E-state index contributed by atoms with van der Waals surface area (Å²) in [6.45, 7) is 1.82. The van der Waals surface area contributed by atoms with Crippen molar-refractivity contribution in [1.82, 2.24) is 30.0 Å². The molecule has 0 saturated carbocycles. The monoisotopic (exact) mass is 228 g/mol. The summed E-state index contributed by atoms with van der Waals surface area (Å²) in [7, 11) is 0. The van der Waals surface area contributed by atoms with Gasteiger partial charge in [-0.3, -0.25) is 19.5 Å². The highest BCUT2D eigenvalue weighted by atomic mass is 16.1. The Morgan fingerprint density at radius 1 is 1.53 bits per heavy atom. The van der Waals surface area contributed by atoms with E-state index in [9.17, 15) is 4.79 Å². The van der Waals surface area contributed by atoms with Gasteiger partial charge in [-0.25, -0.2) is 4.98 Å². The summed E-state index contributed by atoms with van der Waals surface area (Å²) in [5.41, 5.74) is 0.865. The number of fused-ring (bicyclic) bond motifs is 1. The molecule has 0 bridgehead atoms. The van der Waals surface area contributed by atoms with Crippen molar-refractivity contribution in [3.63, 3.8) is 0 Å². The van der Waals surface area contributed by atoms with Crippen molar-refractivity contribution in [2.75, 3.05) is 0 Å². The Morgan fingerprint density at radius 2 is 2.41 bits per heavy atom. The van der Waals surface area contributed by atoms with E-state index in [1.807, 2.05) is 13.0 Å². The van der Waals surface area contributed by atoms with Crippen LogP contribution in [0.15, 0.2) is 29.3 Å². The Hall–Kier alpha value is -2.57. The Kier molecular flexibility index (Phi) is 1.75. The third kappa shape index (κ3) is 1.40. The van der Waals surface area contributed by atoms with E-state index in [-0.39, 0.29) is 17.6 Å². The van der Waals surface area contributed by atoms with E-state index in [4.69, 9.17) is 1.37 Å². The molecule has 0 aliphatic rings. The number of pyridine rings is 1. The van der Waals surface area contributed by atoms with E-state index in [1.54, 1.807) is 12.3 Å². The molecule has 84 valence electrons. The van der Waals surface area contributed by atoms with Gasteiger partial charge in [-0.15, -0.1) is 0 Å². The van der Waals surface area contributed by atoms with Gasteiger partial charge in [0, 0.05) is 18.2 Å². The lowest BCUT2D eigenvalue weighted by Crippen LogP contribution is -2.17. The molecule has 0 saturated heterocycles. The van der Waals surface area contributed by atoms with Gasteiger partial charge in [-0.1, -0.05) is 6.07 Å². The van der Waals surface area contributed by atoms with E-state index < -0.39 is 5.56 Å². The molecule has 7 heteroatoms. The maximum absolute atomic E-state index is 12.3. The number of nitrogens with zero attached hydrogens (tertiary/aromatic N) is 6. The van der Waals surface area contributed by atoms with Crippen molar-refractivity contribution in [3.05, 3.63) is 40.4 Å². The van der Waals surface area contributed by atoms with Gasteiger partial charge in [0.2, 0.25) is 0 Å². The molecule has 3 heterocycles. The lowest BCUT2D eigenvalue weighted by Gasteiger charge is -2.05. The Bertz CT molecular complexity index is 779. The van der Waals surface area contributed by atoms with Gasteiger partial charge in [-0.05, 0) is 18.6 Å². The number of hydrogen-bond donors (Lipinski definition) is 0. The molecule has 0 atom stereocenters. The van der Waals surface area contributed by atoms with Crippen LogP contribution in [0.1, 0.15) is 6.93 Å². The first-order valence-corrected chi connectivity index (χ1v) is 4.86. The molecular formula is C10H7N6O-. The zero-order valence-electron chi connectivity index (χ0n) is 9.82. The van der Waals surface area contributed by atoms with Crippen LogP contribution in [0.4, 0.5) is 0 Å². The minimum absolute atomic E-state index is 0.00287. The second kappa shape index (κ2) is 3.48.